The molecule has 4 N–H and O–H groups in total. The Balaban J connectivity index is 1.64. The van der Waals surface area contributed by atoms with E-state index in [2.05, 4.69) is 15.6 Å². The van der Waals surface area contributed by atoms with Gasteiger partial charge in [-0.1, -0.05) is 24.3 Å². The first-order valence-electron chi connectivity index (χ1n) is 10.6. The number of carboxylic acid groups (broad SMARTS) is 1. The Labute approximate surface area is 196 Å². The van der Waals surface area contributed by atoms with Crippen LogP contribution in [0, 0.1) is 13.8 Å². The van der Waals surface area contributed by atoms with Crippen LogP contribution in [-0.2, 0) is 9.59 Å². The van der Waals surface area contributed by atoms with Gasteiger partial charge in [0.05, 0.1) is 11.4 Å². The zero-order chi connectivity index (χ0) is 24.6. The number of carbonyl (C=O) groups is 2. The minimum atomic E-state index is -1.76. The molecule has 34 heavy (non-hydrogen) atoms. The van der Waals surface area contributed by atoms with Crippen molar-refractivity contribution < 1.29 is 24.9 Å². The van der Waals surface area contributed by atoms with E-state index in [0.717, 1.165) is 11.1 Å². The number of anilines is 1. The maximum Gasteiger partial charge on any atom is 0.335 e. The molecule has 0 aromatic heterocycles. The van der Waals surface area contributed by atoms with E-state index >= 15 is 0 Å². The number of nitrogens with one attached hydrogen (secondary N) is 1. The number of aliphatic carboxylic acids is 1. The van der Waals surface area contributed by atoms with Crippen molar-refractivity contribution in [3.63, 3.8) is 0 Å². The fraction of sp³-hybridized carbons (Fsp3) is 0.200. The number of amides is 1. The first-order chi connectivity index (χ1) is 16.1. The Morgan fingerprint density at radius 2 is 1.85 bits per heavy atom. The highest BCUT2D eigenvalue weighted by Crippen LogP contribution is 2.37. The number of carbonyl (C=O) groups excluding carboxylic acids is 1. The predicted octanol–water partition coefficient (Wildman–Crippen LogP) is 3.43. The van der Waals surface area contributed by atoms with E-state index in [9.17, 15) is 24.9 Å². The molecule has 2 aromatic rings. The van der Waals surface area contributed by atoms with E-state index in [1.165, 1.54) is 23.2 Å². The van der Waals surface area contributed by atoms with Crippen LogP contribution in [0.4, 0.5) is 5.69 Å². The number of nitrogens with zero attached hydrogens (tertiary/aromatic N) is 3. The highest BCUT2D eigenvalue weighted by molar-refractivity contribution is 6.71. The largest absolute Gasteiger partial charge is 0.508 e. The highest BCUT2D eigenvalue weighted by atomic mass is 16.4. The number of rotatable bonds is 5. The molecule has 1 heterocycles. The summed E-state index contributed by atoms with van der Waals surface area (Å²) in [4.78, 5) is 25.3. The quantitative estimate of drug-likeness (QED) is 0.505. The van der Waals surface area contributed by atoms with Crippen molar-refractivity contribution >= 4 is 34.6 Å². The van der Waals surface area contributed by atoms with Crippen molar-refractivity contribution in [2.45, 2.75) is 32.7 Å². The number of hydrazone groups is 2. The number of phenolic OH excluding ortho intramolecular Hbond substituents is 1. The van der Waals surface area contributed by atoms with Crippen LogP contribution in [0.15, 0.2) is 70.6 Å². The maximum atomic E-state index is 13.0. The summed E-state index contributed by atoms with van der Waals surface area (Å²) < 4.78 is 0. The van der Waals surface area contributed by atoms with E-state index in [0.29, 0.717) is 17.0 Å². The Hall–Kier alpha value is -4.40. The number of hydrogen-bond acceptors (Lipinski definition) is 7. The second kappa shape index (κ2) is 8.51. The molecule has 174 valence electrons. The van der Waals surface area contributed by atoms with Gasteiger partial charge in [0.15, 0.2) is 11.3 Å². The van der Waals surface area contributed by atoms with E-state index in [1.54, 1.807) is 31.2 Å². The van der Waals surface area contributed by atoms with E-state index in [-0.39, 0.29) is 29.2 Å². The molecule has 2 aromatic carbocycles. The third-order valence-electron chi connectivity index (χ3n) is 5.99. The second-order valence-corrected chi connectivity index (χ2v) is 8.31. The minimum Gasteiger partial charge on any atom is -0.508 e. The molecule has 1 aliphatic heterocycles. The number of hydrogen-bond donors (Lipinski definition) is 4. The molecule has 2 aliphatic rings. The van der Waals surface area contributed by atoms with Gasteiger partial charge in [0.1, 0.15) is 11.5 Å². The van der Waals surface area contributed by atoms with E-state index < -0.39 is 17.4 Å². The van der Waals surface area contributed by atoms with Gasteiger partial charge in [-0.05, 0) is 62.2 Å². The molecule has 0 bridgehead atoms. The van der Waals surface area contributed by atoms with E-state index in [1.807, 2.05) is 26.0 Å². The molecule has 1 amide bonds. The van der Waals surface area contributed by atoms with Crippen molar-refractivity contribution in [3.8, 4) is 5.75 Å². The monoisotopic (exact) mass is 460 g/mol. The van der Waals surface area contributed by atoms with Gasteiger partial charge in [0, 0.05) is 17.6 Å². The standard InChI is InChI=1S/C25H24N4O5/c1-14-8-9-17(12-15(14)2)29-23(32)22(16(3)27-29)26-28-25(24(33)34)11-10-21(31)19(13-25)18-6-4-5-7-20(18)30/h4-12,28,30-31H,13H2,1-3H3,(H,33,34)/b26-22-. The zero-order valence-corrected chi connectivity index (χ0v) is 18.9. The maximum absolute atomic E-state index is 13.0. The molecule has 0 saturated carbocycles. The Morgan fingerprint density at radius 1 is 1.12 bits per heavy atom. The van der Waals surface area contributed by atoms with E-state index in [4.69, 9.17) is 0 Å². The molecule has 0 spiro atoms. The average Bonchev–Trinajstić information content (AvgIpc) is 3.09. The normalized spacial score (nSPS) is 21.3. The minimum absolute atomic E-state index is 0.0184. The van der Waals surface area contributed by atoms with Gasteiger partial charge in [-0.3, -0.25) is 10.2 Å². The SMILES string of the molecule is CC1=NN(c2ccc(C)c(C)c2)C(=O)/C1=N\NC1(C(=O)O)C=CC(O)=C(c2ccccc2O)C1. The van der Waals surface area contributed by atoms with Crippen LogP contribution in [0.25, 0.3) is 5.57 Å². The summed E-state index contributed by atoms with van der Waals surface area (Å²) in [7, 11) is 0. The number of aliphatic hydroxyl groups excluding tert-OH is 1. The van der Waals surface area contributed by atoms with Crippen LogP contribution in [0.3, 0.4) is 0 Å². The number of phenols is 1. The molecule has 0 saturated heterocycles. The summed E-state index contributed by atoms with van der Waals surface area (Å²) in [6, 6.07) is 11.8. The Kier molecular flexibility index (Phi) is 5.70. The smallest absolute Gasteiger partial charge is 0.335 e. The first-order valence-corrected chi connectivity index (χ1v) is 10.6. The van der Waals surface area contributed by atoms with Gasteiger partial charge in [-0.15, -0.1) is 0 Å². The lowest BCUT2D eigenvalue weighted by atomic mass is 9.83. The summed E-state index contributed by atoms with van der Waals surface area (Å²) in [6.07, 6.45) is 2.29. The van der Waals surface area contributed by atoms with Crippen molar-refractivity contribution in [3.05, 3.63) is 77.1 Å². The molecular formula is C25H24N4O5. The summed E-state index contributed by atoms with van der Waals surface area (Å²) in [6.45, 7) is 5.52. The number of aliphatic hydroxyl groups is 1. The van der Waals surface area contributed by atoms with Crippen molar-refractivity contribution in [1.82, 2.24) is 5.43 Å². The molecule has 9 heteroatoms. The van der Waals surface area contributed by atoms with Crippen molar-refractivity contribution in [2.24, 2.45) is 10.2 Å². The molecule has 1 unspecified atom stereocenters. The lowest BCUT2D eigenvalue weighted by Gasteiger charge is -2.30. The highest BCUT2D eigenvalue weighted by Gasteiger charge is 2.41. The first kappa shape index (κ1) is 22.8. The summed E-state index contributed by atoms with van der Waals surface area (Å²) >= 11 is 0. The fourth-order valence-corrected chi connectivity index (χ4v) is 3.80. The second-order valence-electron chi connectivity index (χ2n) is 8.31. The number of benzene rings is 2. The summed E-state index contributed by atoms with van der Waals surface area (Å²) in [5.41, 5.74) is 4.37. The fourth-order valence-electron chi connectivity index (χ4n) is 3.80. The molecular weight excluding hydrogens is 436 g/mol. The number of para-hydroxylation sites is 1. The van der Waals surface area contributed by atoms with Gasteiger partial charge >= 0.3 is 11.9 Å². The van der Waals surface area contributed by atoms with Crippen LogP contribution in [-0.4, -0.2) is 44.2 Å². The molecule has 0 radical (unpaired) electrons. The molecule has 1 atom stereocenters. The third kappa shape index (κ3) is 3.92. The third-order valence-corrected chi connectivity index (χ3v) is 5.99. The van der Waals surface area contributed by atoms with Crippen LogP contribution in [0.2, 0.25) is 0 Å². The topological polar surface area (TPSA) is 135 Å². The van der Waals surface area contributed by atoms with Crippen molar-refractivity contribution in [2.75, 3.05) is 5.01 Å². The lowest BCUT2D eigenvalue weighted by Crippen LogP contribution is -2.50. The van der Waals surface area contributed by atoms with Crippen LogP contribution < -0.4 is 10.4 Å². The molecule has 0 fully saturated rings. The number of aromatic hydroxyl groups is 1. The van der Waals surface area contributed by atoms with Crippen LogP contribution in [0.1, 0.15) is 30.0 Å². The number of allylic oxidation sites excluding steroid dienone is 1. The molecule has 4 rings (SSSR count). The van der Waals surface area contributed by atoms with Gasteiger partial charge in [-0.2, -0.15) is 15.2 Å². The van der Waals surface area contributed by atoms with Crippen molar-refractivity contribution in [1.29, 1.82) is 0 Å². The van der Waals surface area contributed by atoms with Gasteiger partial charge in [0.25, 0.3) is 0 Å². The number of carboxylic acids is 1. The lowest BCUT2D eigenvalue weighted by molar-refractivity contribution is -0.142. The number of aryl methyl sites for hydroxylation is 2. The van der Waals surface area contributed by atoms with Gasteiger partial charge in [0.2, 0.25) is 0 Å². The Morgan fingerprint density at radius 3 is 2.53 bits per heavy atom. The van der Waals surface area contributed by atoms with Gasteiger partial charge < -0.3 is 15.3 Å². The summed E-state index contributed by atoms with van der Waals surface area (Å²) in [5.74, 6) is -2.01. The zero-order valence-electron chi connectivity index (χ0n) is 18.9. The molecule has 9 nitrogen and oxygen atoms in total. The molecule has 1 aliphatic carbocycles. The van der Waals surface area contributed by atoms with Crippen LogP contribution >= 0.6 is 0 Å². The van der Waals surface area contributed by atoms with Crippen LogP contribution in [0.5, 0.6) is 5.75 Å². The van der Waals surface area contributed by atoms with Gasteiger partial charge in [-0.25, -0.2) is 4.79 Å². The predicted molar refractivity (Wildman–Crippen MR) is 129 cm³/mol. The average molecular weight is 460 g/mol. The summed E-state index contributed by atoms with van der Waals surface area (Å²) in [5, 5.41) is 40.3. The Bertz CT molecular complexity index is 1320.